The summed E-state index contributed by atoms with van der Waals surface area (Å²) >= 11 is 8.20. The maximum absolute atomic E-state index is 9.80. The molecule has 6 heteroatoms. The Balaban J connectivity index is 1.48. The molecule has 0 saturated heterocycles. The van der Waals surface area contributed by atoms with E-state index in [0.29, 0.717) is 14.1 Å². The van der Waals surface area contributed by atoms with E-state index in [1.54, 1.807) is 6.21 Å². The summed E-state index contributed by atoms with van der Waals surface area (Å²) in [6.45, 7) is 0. The summed E-state index contributed by atoms with van der Waals surface area (Å²) < 4.78 is 1.25. The van der Waals surface area contributed by atoms with E-state index >= 15 is 0 Å². The van der Waals surface area contributed by atoms with Crippen LogP contribution >= 0.6 is 43.2 Å². The predicted molar refractivity (Wildman–Crippen MR) is 124 cm³/mol. The smallest absolute Gasteiger partial charge is 0.209 e. The number of rotatable bonds is 4. The topological polar surface area (TPSA) is 45.5 Å². The first-order valence-electron chi connectivity index (χ1n) is 9.38. The molecule has 1 fully saturated rings. The zero-order chi connectivity index (χ0) is 19.5. The number of hydrogen-bond acceptors (Lipinski definition) is 4. The maximum Gasteiger partial charge on any atom is 0.209 e. The highest BCUT2D eigenvalue weighted by molar-refractivity contribution is 9.11. The molecule has 1 aliphatic carbocycles. The average molecular weight is 520 g/mol. The Kier molecular flexibility index (Phi) is 6.28. The predicted octanol–water partition coefficient (Wildman–Crippen LogP) is 7.84. The fraction of sp³-hybridized carbons (Fsp3) is 0.273. The van der Waals surface area contributed by atoms with Gasteiger partial charge in [-0.3, -0.25) is 0 Å². The van der Waals surface area contributed by atoms with Gasteiger partial charge in [-0.15, -0.1) is 11.3 Å². The number of halogens is 2. The Labute approximate surface area is 185 Å². The van der Waals surface area contributed by atoms with Gasteiger partial charge in [-0.2, -0.15) is 0 Å². The van der Waals surface area contributed by atoms with Crippen LogP contribution in [0.4, 0.5) is 5.13 Å². The lowest BCUT2D eigenvalue weighted by molar-refractivity contribution is 0.443. The standard InChI is InChI=1S/C22H20Br2N2OS/c23-18-10-14(11-19(24)21(18)27)12-25-22-26-20(13-28-22)17-8-6-16(7-9-17)15-4-2-1-3-5-15/h6-13,15,27H,1-5H2. The van der Waals surface area contributed by atoms with E-state index in [0.717, 1.165) is 22.7 Å². The van der Waals surface area contributed by atoms with Crippen molar-refractivity contribution < 1.29 is 5.11 Å². The number of aliphatic imine (C=N–C) groups is 1. The van der Waals surface area contributed by atoms with Gasteiger partial charge in [0.2, 0.25) is 5.13 Å². The van der Waals surface area contributed by atoms with E-state index in [1.165, 1.54) is 49.0 Å². The number of aromatic hydroxyl groups is 1. The highest BCUT2D eigenvalue weighted by atomic mass is 79.9. The third-order valence-corrected chi connectivity index (χ3v) is 7.10. The van der Waals surface area contributed by atoms with Gasteiger partial charge in [-0.05, 0) is 73.9 Å². The van der Waals surface area contributed by atoms with E-state index in [9.17, 15) is 5.11 Å². The summed E-state index contributed by atoms with van der Waals surface area (Å²) in [4.78, 5) is 9.13. The van der Waals surface area contributed by atoms with Crippen molar-refractivity contribution in [3.05, 3.63) is 61.9 Å². The fourth-order valence-electron chi connectivity index (χ4n) is 3.61. The number of phenolic OH excluding ortho intramolecular Hbond substituents is 1. The lowest BCUT2D eigenvalue weighted by atomic mass is 9.84. The Morgan fingerprint density at radius 2 is 1.71 bits per heavy atom. The second kappa shape index (κ2) is 8.89. The summed E-state index contributed by atoms with van der Waals surface area (Å²) in [5.41, 5.74) is 4.43. The van der Waals surface area contributed by atoms with E-state index < -0.39 is 0 Å². The minimum absolute atomic E-state index is 0.186. The molecule has 3 nitrogen and oxygen atoms in total. The van der Waals surface area contributed by atoms with E-state index in [2.05, 4.69) is 66.1 Å². The van der Waals surface area contributed by atoms with Crippen LogP contribution in [0.3, 0.4) is 0 Å². The summed E-state index contributed by atoms with van der Waals surface area (Å²) in [6.07, 6.45) is 8.48. The molecule has 0 spiro atoms. The quantitative estimate of drug-likeness (QED) is 0.357. The first-order chi connectivity index (χ1) is 13.6. The largest absolute Gasteiger partial charge is 0.506 e. The van der Waals surface area contributed by atoms with Crippen molar-refractivity contribution in [3.8, 4) is 17.0 Å². The molecule has 1 saturated carbocycles. The van der Waals surface area contributed by atoms with Crippen molar-refractivity contribution in [2.45, 2.75) is 38.0 Å². The minimum atomic E-state index is 0.186. The van der Waals surface area contributed by atoms with Gasteiger partial charge in [-0.25, -0.2) is 9.98 Å². The van der Waals surface area contributed by atoms with Gasteiger partial charge < -0.3 is 5.11 Å². The van der Waals surface area contributed by atoms with Crippen LogP contribution in [0.25, 0.3) is 11.3 Å². The van der Waals surface area contributed by atoms with Crippen molar-refractivity contribution in [2.24, 2.45) is 4.99 Å². The van der Waals surface area contributed by atoms with Gasteiger partial charge in [0.05, 0.1) is 14.6 Å². The first-order valence-corrected chi connectivity index (χ1v) is 11.8. The van der Waals surface area contributed by atoms with Gasteiger partial charge >= 0.3 is 0 Å². The second-order valence-corrected chi connectivity index (χ2v) is 9.61. The number of phenols is 1. The molecule has 144 valence electrons. The van der Waals surface area contributed by atoms with Crippen molar-refractivity contribution in [1.82, 2.24) is 4.98 Å². The third kappa shape index (κ3) is 4.56. The van der Waals surface area contributed by atoms with Crippen LogP contribution in [0.15, 0.2) is 55.7 Å². The monoisotopic (exact) mass is 518 g/mol. The summed E-state index contributed by atoms with van der Waals surface area (Å²) in [6, 6.07) is 12.5. The first kappa shape index (κ1) is 19.8. The molecule has 1 heterocycles. The van der Waals surface area contributed by atoms with E-state index in [-0.39, 0.29) is 5.75 Å². The van der Waals surface area contributed by atoms with Gasteiger partial charge in [0.1, 0.15) is 5.75 Å². The molecule has 2 aromatic carbocycles. The highest BCUT2D eigenvalue weighted by Crippen LogP contribution is 2.35. The molecule has 1 aromatic heterocycles. The number of thiazole rings is 1. The van der Waals surface area contributed by atoms with Gasteiger partial charge in [0, 0.05) is 17.2 Å². The second-order valence-electron chi connectivity index (χ2n) is 7.06. The molecule has 0 radical (unpaired) electrons. The van der Waals surface area contributed by atoms with Crippen molar-refractivity contribution in [2.75, 3.05) is 0 Å². The normalized spacial score (nSPS) is 15.4. The lowest BCUT2D eigenvalue weighted by Crippen LogP contribution is -2.04. The Morgan fingerprint density at radius 3 is 2.39 bits per heavy atom. The molecule has 0 amide bonds. The van der Waals surface area contributed by atoms with Crippen LogP contribution in [-0.2, 0) is 0 Å². The van der Waals surface area contributed by atoms with Crippen molar-refractivity contribution >= 4 is 54.5 Å². The Morgan fingerprint density at radius 1 is 1.04 bits per heavy atom. The average Bonchev–Trinajstić information content (AvgIpc) is 3.20. The van der Waals surface area contributed by atoms with Crippen LogP contribution in [0.5, 0.6) is 5.75 Å². The Bertz CT molecular complexity index is 969. The number of nitrogens with zero attached hydrogens (tertiary/aromatic N) is 2. The molecular weight excluding hydrogens is 500 g/mol. The number of hydrogen-bond donors (Lipinski definition) is 1. The number of benzene rings is 2. The van der Waals surface area contributed by atoms with Crippen LogP contribution in [-0.4, -0.2) is 16.3 Å². The van der Waals surface area contributed by atoms with Gasteiger partial charge in [-0.1, -0.05) is 43.5 Å². The van der Waals surface area contributed by atoms with Crippen molar-refractivity contribution in [3.63, 3.8) is 0 Å². The zero-order valence-electron chi connectivity index (χ0n) is 15.2. The molecule has 4 rings (SSSR count). The van der Waals surface area contributed by atoms with E-state index in [4.69, 9.17) is 0 Å². The molecule has 0 aliphatic heterocycles. The van der Waals surface area contributed by atoms with Crippen molar-refractivity contribution in [1.29, 1.82) is 0 Å². The summed E-state index contributed by atoms with van der Waals surface area (Å²) in [7, 11) is 0. The molecule has 0 atom stereocenters. The van der Waals surface area contributed by atoms with E-state index in [1.807, 2.05) is 17.5 Å². The minimum Gasteiger partial charge on any atom is -0.506 e. The van der Waals surface area contributed by atoms with Crippen LogP contribution < -0.4 is 0 Å². The number of aromatic nitrogens is 1. The summed E-state index contributed by atoms with van der Waals surface area (Å²) in [5, 5.41) is 12.6. The van der Waals surface area contributed by atoms with Crippen LogP contribution in [0, 0.1) is 0 Å². The SMILES string of the molecule is Oc1c(Br)cc(C=Nc2nc(-c3ccc(C4CCCCC4)cc3)cs2)cc1Br. The molecule has 0 unspecified atom stereocenters. The fourth-order valence-corrected chi connectivity index (χ4v) is 5.50. The molecule has 1 aliphatic rings. The van der Waals surface area contributed by atoms with Gasteiger partial charge in [0.15, 0.2) is 0 Å². The van der Waals surface area contributed by atoms with Crippen LogP contribution in [0.1, 0.15) is 49.1 Å². The maximum atomic E-state index is 9.80. The molecule has 28 heavy (non-hydrogen) atoms. The molecular formula is C22H20Br2N2OS. The van der Waals surface area contributed by atoms with Crippen LogP contribution in [0.2, 0.25) is 0 Å². The molecule has 0 bridgehead atoms. The molecule has 3 aromatic rings. The Hall–Kier alpha value is -1.50. The van der Waals surface area contributed by atoms with Gasteiger partial charge in [0.25, 0.3) is 0 Å². The summed E-state index contributed by atoms with van der Waals surface area (Å²) in [5.74, 6) is 0.910. The third-order valence-electron chi connectivity index (χ3n) is 5.14. The zero-order valence-corrected chi connectivity index (χ0v) is 19.2. The highest BCUT2D eigenvalue weighted by Gasteiger charge is 2.15. The molecule has 1 N–H and O–H groups in total. The lowest BCUT2D eigenvalue weighted by Gasteiger charge is -2.22.